The van der Waals surface area contributed by atoms with E-state index in [1.165, 1.54) is 89.9 Å². The molecule has 4 heteroatoms. The summed E-state index contributed by atoms with van der Waals surface area (Å²) in [5, 5.41) is 0. The Kier molecular flexibility index (Phi) is 12.1. The fourth-order valence-electron chi connectivity index (χ4n) is 6.48. The highest BCUT2D eigenvalue weighted by molar-refractivity contribution is 5.05. The van der Waals surface area contributed by atoms with E-state index in [-0.39, 0.29) is 5.41 Å². The lowest BCUT2D eigenvalue weighted by Crippen LogP contribution is -2.46. The number of unbranched alkanes of at least 4 members (excludes halogenated alkanes) is 4. The quantitative estimate of drug-likeness (QED) is 0.110. The maximum atomic E-state index is 5.86. The topological polar surface area (TPSA) is 50.1 Å². The van der Waals surface area contributed by atoms with Crippen molar-refractivity contribution in [3.8, 4) is 0 Å². The largest absolute Gasteiger partial charge is 0.244 e. The van der Waals surface area contributed by atoms with Crippen LogP contribution in [0, 0.1) is 16.2 Å². The second-order valence-corrected chi connectivity index (χ2v) is 12.6. The van der Waals surface area contributed by atoms with Crippen LogP contribution in [0.2, 0.25) is 0 Å². The molecule has 2 saturated heterocycles. The molecular formula is C31H60O4. The molecule has 208 valence electrons. The highest BCUT2D eigenvalue weighted by Gasteiger charge is 2.75. The zero-order chi connectivity index (χ0) is 26.1. The van der Waals surface area contributed by atoms with Crippen LogP contribution in [0.4, 0.5) is 0 Å². The molecular weight excluding hydrogens is 436 g/mol. The molecule has 0 aliphatic carbocycles. The Balaban J connectivity index is 2.11. The molecule has 0 aromatic rings. The Labute approximate surface area is 218 Å². The number of hydrogen-bond acceptors (Lipinski definition) is 4. The molecule has 0 amide bonds. The molecule has 0 aromatic heterocycles. The third kappa shape index (κ3) is 7.45. The van der Waals surface area contributed by atoms with Crippen molar-refractivity contribution in [3.63, 3.8) is 0 Å². The fraction of sp³-hybridized carbons (Fsp3) is 1.00. The Morgan fingerprint density at radius 1 is 0.457 bits per heavy atom. The van der Waals surface area contributed by atoms with Gasteiger partial charge in [0.15, 0.2) is 0 Å². The molecule has 2 rings (SSSR count). The molecule has 0 saturated carbocycles. The molecule has 2 heterocycles. The van der Waals surface area contributed by atoms with Crippen molar-refractivity contribution >= 4 is 0 Å². The molecule has 2 fully saturated rings. The molecule has 0 bridgehead atoms. The van der Waals surface area contributed by atoms with Crippen molar-refractivity contribution in [1.82, 2.24) is 0 Å². The average Bonchev–Trinajstić information content (AvgIpc) is 3.79. The van der Waals surface area contributed by atoms with Crippen LogP contribution in [-0.4, -0.2) is 11.6 Å². The van der Waals surface area contributed by atoms with Gasteiger partial charge in [-0.2, -0.15) is 19.6 Å². The normalized spacial score (nSPS) is 19.2. The summed E-state index contributed by atoms with van der Waals surface area (Å²) >= 11 is 0. The highest BCUT2D eigenvalue weighted by Crippen LogP contribution is 2.64. The van der Waals surface area contributed by atoms with Gasteiger partial charge in [-0.1, -0.05) is 106 Å². The summed E-state index contributed by atoms with van der Waals surface area (Å²) in [7, 11) is 0. The maximum absolute atomic E-state index is 5.86. The SMILES string of the molecule is CCCCC(CC)(CCCC)CCC1(C(C)(C)C2(CCC(CC)(CCCC)CCCC)OO2)OO1. The Hall–Kier alpha value is -0.160. The summed E-state index contributed by atoms with van der Waals surface area (Å²) in [5.41, 5.74) is 0.422. The smallest absolute Gasteiger partial charge is 0.194 e. The Bertz CT molecular complexity index is 525. The summed E-state index contributed by atoms with van der Waals surface area (Å²) in [6.45, 7) is 18.5. The molecule has 0 atom stereocenters. The van der Waals surface area contributed by atoms with Crippen LogP contribution < -0.4 is 0 Å². The number of rotatable bonds is 22. The van der Waals surface area contributed by atoms with Gasteiger partial charge in [0.1, 0.15) is 0 Å². The van der Waals surface area contributed by atoms with Crippen molar-refractivity contribution in [1.29, 1.82) is 0 Å². The predicted molar refractivity (Wildman–Crippen MR) is 146 cm³/mol. The van der Waals surface area contributed by atoms with E-state index in [2.05, 4.69) is 55.4 Å². The lowest BCUT2D eigenvalue weighted by atomic mass is 9.66. The van der Waals surface area contributed by atoms with Crippen LogP contribution in [0.25, 0.3) is 0 Å². The van der Waals surface area contributed by atoms with Gasteiger partial charge in [0, 0.05) is 12.8 Å². The second-order valence-electron chi connectivity index (χ2n) is 12.6. The zero-order valence-electron chi connectivity index (χ0n) is 24.9. The summed E-state index contributed by atoms with van der Waals surface area (Å²) in [5.74, 6) is -1.19. The predicted octanol–water partition coefficient (Wildman–Crippen LogP) is 10.4. The molecule has 0 N–H and O–H groups in total. The first-order chi connectivity index (χ1) is 16.7. The van der Waals surface area contributed by atoms with Gasteiger partial charge in [0.05, 0.1) is 5.41 Å². The Morgan fingerprint density at radius 2 is 0.743 bits per heavy atom. The van der Waals surface area contributed by atoms with Gasteiger partial charge in [0.2, 0.25) is 11.6 Å². The molecule has 0 radical (unpaired) electrons. The van der Waals surface area contributed by atoms with Crippen molar-refractivity contribution in [2.45, 2.75) is 183 Å². The highest BCUT2D eigenvalue weighted by atomic mass is 17.4. The van der Waals surface area contributed by atoms with Crippen LogP contribution >= 0.6 is 0 Å². The van der Waals surface area contributed by atoms with Crippen LogP contribution in [0.15, 0.2) is 0 Å². The van der Waals surface area contributed by atoms with Gasteiger partial charge >= 0.3 is 0 Å². The summed E-state index contributed by atoms with van der Waals surface area (Å²) in [6.07, 6.45) is 22.1. The van der Waals surface area contributed by atoms with Gasteiger partial charge in [-0.05, 0) is 63.2 Å². The van der Waals surface area contributed by atoms with Gasteiger partial charge < -0.3 is 0 Å². The fourth-order valence-corrected chi connectivity index (χ4v) is 6.48. The van der Waals surface area contributed by atoms with E-state index in [4.69, 9.17) is 19.6 Å². The van der Waals surface area contributed by atoms with E-state index in [0.29, 0.717) is 10.8 Å². The van der Waals surface area contributed by atoms with E-state index < -0.39 is 11.6 Å². The first-order valence-electron chi connectivity index (χ1n) is 15.4. The summed E-state index contributed by atoms with van der Waals surface area (Å²) in [4.78, 5) is 23.5. The van der Waals surface area contributed by atoms with Gasteiger partial charge in [-0.3, -0.25) is 0 Å². The van der Waals surface area contributed by atoms with Gasteiger partial charge in [-0.15, -0.1) is 0 Å². The van der Waals surface area contributed by atoms with Crippen molar-refractivity contribution in [2.24, 2.45) is 16.2 Å². The number of hydrogen-bond donors (Lipinski definition) is 0. The van der Waals surface area contributed by atoms with Crippen LogP contribution in [0.5, 0.6) is 0 Å². The minimum atomic E-state index is -0.593. The minimum Gasteiger partial charge on any atom is -0.194 e. The first-order valence-corrected chi connectivity index (χ1v) is 15.4. The van der Waals surface area contributed by atoms with Crippen LogP contribution in [-0.2, 0) is 19.6 Å². The Morgan fingerprint density at radius 3 is 0.943 bits per heavy atom. The summed E-state index contributed by atoms with van der Waals surface area (Å²) < 4.78 is 0. The minimum absolute atomic E-state index is 0.357. The molecule has 0 unspecified atom stereocenters. The van der Waals surface area contributed by atoms with E-state index in [9.17, 15) is 0 Å². The molecule has 0 spiro atoms. The zero-order valence-corrected chi connectivity index (χ0v) is 24.9. The molecule has 2 aliphatic heterocycles. The molecule has 4 nitrogen and oxygen atoms in total. The lowest BCUT2D eigenvalue weighted by molar-refractivity contribution is 0.000859. The van der Waals surface area contributed by atoms with E-state index >= 15 is 0 Å². The van der Waals surface area contributed by atoms with Crippen LogP contribution in [0.1, 0.15) is 171 Å². The molecule has 35 heavy (non-hydrogen) atoms. The monoisotopic (exact) mass is 496 g/mol. The van der Waals surface area contributed by atoms with Gasteiger partial charge in [0.25, 0.3) is 0 Å². The van der Waals surface area contributed by atoms with Crippen molar-refractivity contribution in [3.05, 3.63) is 0 Å². The third-order valence-electron chi connectivity index (χ3n) is 10.2. The maximum Gasteiger partial charge on any atom is 0.244 e. The standard InChI is InChI=1S/C31H60O4/c1-9-15-19-28(13-5,20-16-10-2)23-25-30(32-33-30)27(7,8)31(34-35-31)26-24-29(14-6,21-17-11-3)22-18-12-4/h9-26H2,1-8H3. The average molecular weight is 497 g/mol. The first kappa shape index (κ1) is 31.1. The van der Waals surface area contributed by atoms with Crippen molar-refractivity contribution < 1.29 is 19.6 Å². The second kappa shape index (κ2) is 13.6. The molecule has 2 aliphatic rings. The van der Waals surface area contributed by atoms with E-state index in [1.807, 2.05) is 0 Å². The van der Waals surface area contributed by atoms with Crippen molar-refractivity contribution in [2.75, 3.05) is 0 Å². The molecule has 0 aromatic carbocycles. The lowest BCUT2D eigenvalue weighted by Gasteiger charge is -2.38. The third-order valence-corrected chi connectivity index (χ3v) is 10.2. The summed E-state index contributed by atoms with van der Waals surface area (Å²) in [6, 6.07) is 0. The van der Waals surface area contributed by atoms with E-state index in [1.54, 1.807) is 0 Å². The van der Waals surface area contributed by atoms with Gasteiger partial charge in [-0.25, -0.2) is 0 Å². The van der Waals surface area contributed by atoms with E-state index in [0.717, 1.165) is 25.7 Å². The van der Waals surface area contributed by atoms with Crippen LogP contribution in [0.3, 0.4) is 0 Å².